The van der Waals surface area contributed by atoms with E-state index in [1.165, 1.54) is 24.1 Å². The van der Waals surface area contributed by atoms with Gasteiger partial charge in [0.15, 0.2) is 0 Å². The molecule has 0 radical (unpaired) electrons. The predicted molar refractivity (Wildman–Crippen MR) is 78.5 cm³/mol. The van der Waals surface area contributed by atoms with Crippen LogP contribution in [0.15, 0.2) is 6.07 Å². The maximum atomic E-state index is 5.88. The van der Waals surface area contributed by atoms with Crippen molar-refractivity contribution >= 4 is 5.82 Å². The molecule has 1 aliphatic rings. The molecule has 0 spiro atoms. The lowest BCUT2D eigenvalue weighted by Gasteiger charge is -2.24. The van der Waals surface area contributed by atoms with Crippen LogP contribution >= 0.6 is 0 Å². The van der Waals surface area contributed by atoms with Crippen LogP contribution in [0.3, 0.4) is 0 Å². The molecule has 1 aromatic heterocycles. The van der Waals surface area contributed by atoms with Gasteiger partial charge in [-0.1, -0.05) is 0 Å². The molecule has 1 heterocycles. The van der Waals surface area contributed by atoms with Crippen LogP contribution in [0.1, 0.15) is 36.6 Å². The zero-order chi connectivity index (χ0) is 13.7. The van der Waals surface area contributed by atoms with E-state index < -0.39 is 0 Å². The molecule has 0 saturated carbocycles. The van der Waals surface area contributed by atoms with Gasteiger partial charge in [0.05, 0.1) is 6.61 Å². The maximum Gasteiger partial charge on any atom is 0.133 e. The van der Waals surface area contributed by atoms with Gasteiger partial charge in [-0.25, -0.2) is 4.98 Å². The Morgan fingerprint density at radius 3 is 2.89 bits per heavy atom. The highest BCUT2D eigenvalue weighted by Gasteiger charge is 2.16. The first kappa shape index (κ1) is 14.3. The molecule has 4 nitrogen and oxygen atoms in total. The van der Waals surface area contributed by atoms with E-state index in [-0.39, 0.29) is 0 Å². The number of ether oxygens (including phenoxy) is 1. The van der Waals surface area contributed by atoms with E-state index in [9.17, 15) is 0 Å². The number of fused-ring (bicyclic) bond motifs is 1. The summed E-state index contributed by atoms with van der Waals surface area (Å²) >= 11 is 0. The summed E-state index contributed by atoms with van der Waals surface area (Å²) in [4.78, 5) is 7.01. The number of nitrogens with zero attached hydrogens (tertiary/aromatic N) is 2. The van der Waals surface area contributed by atoms with Gasteiger partial charge >= 0.3 is 0 Å². The molecule has 1 aromatic rings. The summed E-state index contributed by atoms with van der Waals surface area (Å²) in [5.74, 6) is 1.03. The molecule has 0 saturated heterocycles. The van der Waals surface area contributed by atoms with Gasteiger partial charge < -0.3 is 15.4 Å². The highest BCUT2D eigenvalue weighted by atomic mass is 16.5. The minimum Gasteiger partial charge on any atom is -0.380 e. The number of pyridine rings is 1. The topological polar surface area (TPSA) is 51.4 Å². The van der Waals surface area contributed by atoms with Crippen molar-refractivity contribution in [2.75, 3.05) is 31.7 Å². The second-order valence-corrected chi connectivity index (χ2v) is 5.11. The lowest BCUT2D eigenvalue weighted by atomic mass is 9.94. The number of nitrogens with two attached hydrogens (primary N) is 1. The van der Waals surface area contributed by atoms with Crippen LogP contribution in [0, 0.1) is 0 Å². The summed E-state index contributed by atoms with van der Waals surface area (Å²) in [6.45, 7) is 4.91. The average Bonchev–Trinajstić information content (AvgIpc) is 2.46. The van der Waals surface area contributed by atoms with Crippen molar-refractivity contribution in [2.24, 2.45) is 5.73 Å². The quantitative estimate of drug-likeness (QED) is 0.796. The van der Waals surface area contributed by atoms with Crippen LogP contribution in [0.5, 0.6) is 0 Å². The molecule has 0 bridgehead atoms. The van der Waals surface area contributed by atoms with Crippen molar-refractivity contribution in [3.63, 3.8) is 0 Å². The molecule has 2 rings (SSSR count). The first-order chi connectivity index (χ1) is 9.26. The second-order valence-electron chi connectivity index (χ2n) is 5.11. The van der Waals surface area contributed by atoms with Gasteiger partial charge in [-0.15, -0.1) is 0 Å². The minimum atomic E-state index is 0.550. The Labute approximate surface area is 116 Å². The summed E-state index contributed by atoms with van der Waals surface area (Å²) in [7, 11) is 2.07. The maximum absolute atomic E-state index is 5.88. The van der Waals surface area contributed by atoms with Crippen molar-refractivity contribution in [3.8, 4) is 0 Å². The third kappa shape index (κ3) is 3.45. The fourth-order valence-corrected chi connectivity index (χ4v) is 2.60. The van der Waals surface area contributed by atoms with Crippen LogP contribution in [-0.4, -0.2) is 31.8 Å². The van der Waals surface area contributed by atoms with Gasteiger partial charge in [-0.05, 0) is 44.2 Å². The van der Waals surface area contributed by atoms with Crippen molar-refractivity contribution in [1.82, 2.24) is 4.98 Å². The molecule has 0 fully saturated rings. The average molecular weight is 263 g/mol. The Balaban J connectivity index is 2.18. The molecule has 0 amide bonds. The Morgan fingerprint density at radius 1 is 1.37 bits per heavy atom. The van der Waals surface area contributed by atoms with E-state index in [2.05, 4.69) is 18.0 Å². The summed E-state index contributed by atoms with van der Waals surface area (Å²) in [5, 5.41) is 0. The van der Waals surface area contributed by atoms with Crippen LogP contribution in [0.4, 0.5) is 5.82 Å². The zero-order valence-electron chi connectivity index (χ0n) is 12.1. The molecular weight excluding hydrogens is 238 g/mol. The largest absolute Gasteiger partial charge is 0.380 e. The SMILES string of the molecule is CCOCCN(C)c1nc2c(cc1CN)CCCC2. The Bertz CT molecular complexity index is 420. The van der Waals surface area contributed by atoms with Crippen molar-refractivity contribution in [3.05, 3.63) is 22.9 Å². The van der Waals surface area contributed by atoms with Crippen molar-refractivity contribution < 1.29 is 4.74 Å². The van der Waals surface area contributed by atoms with Crippen LogP contribution in [0.25, 0.3) is 0 Å². The number of hydrogen-bond donors (Lipinski definition) is 1. The molecule has 0 aliphatic heterocycles. The summed E-state index contributed by atoms with van der Waals surface area (Å²) in [5.41, 5.74) is 9.69. The van der Waals surface area contributed by atoms with Crippen molar-refractivity contribution in [2.45, 2.75) is 39.2 Å². The highest BCUT2D eigenvalue weighted by Crippen LogP contribution is 2.26. The van der Waals surface area contributed by atoms with Gasteiger partial charge in [0.2, 0.25) is 0 Å². The standard InChI is InChI=1S/C15H25N3O/c1-3-19-9-8-18(2)15-13(11-16)10-12-6-4-5-7-14(12)17-15/h10H,3-9,11,16H2,1-2H3. The lowest BCUT2D eigenvalue weighted by Crippen LogP contribution is -2.26. The molecule has 1 aliphatic carbocycles. The predicted octanol–water partition coefficient (Wildman–Crippen LogP) is 1.89. The second kappa shape index (κ2) is 6.87. The van der Waals surface area contributed by atoms with E-state index in [0.29, 0.717) is 6.54 Å². The Morgan fingerprint density at radius 2 is 2.16 bits per heavy atom. The number of likely N-dealkylation sites (N-methyl/N-ethyl adjacent to an activating group) is 1. The van der Waals surface area contributed by atoms with E-state index in [4.69, 9.17) is 15.5 Å². The molecule has 0 unspecified atom stereocenters. The molecule has 0 aromatic carbocycles. The third-order valence-corrected chi connectivity index (χ3v) is 3.71. The molecule has 0 atom stereocenters. The fraction of sp³-hybridized carbons (Fsp3) is 0.667. The molecule has 4 heteroatoms. The summed E-state index contributed by atoms with van der Waals surface area (Å²) < 4.78 is 5.41. The van der Waals surface area contributed by atoms with Gasteiger partial charge in [-0.2, -0.15) is 0 Å². The summed E-state index contributed by atoms with van der Waals surface area (Å²) in [6, 6.07) is 2.26. The molecule has 106 valence electrons. The number of aryl methyl sites for hydroxylation is 2. The first-order valence-electron chi connectivity index (χ1n) is 7.26. The van der Waals surface area contributed by atoms with E-state index >= 15 is 0 Å². The van der Waals surface area contributed by atoms with Gasteiger partial charge in [0, 0.05) is 38.0 Å². The van der Waals surface area contributed by atoms with E-state index in [1.54, 1.807) is 0 Å². The normalized spacial score (nSPS) is 14.3. The van der Waals surface area contributed by atoms with Crippen molar-refractivity contribution in [1.29, 1.82) is 0 Å². The minimum absolute atomic E-state index is 0.550. The van der Waals surface area contributed by atoms with E-state index in [0.717, 1.165) is 44.0 Å². The lowest BCUT2D eigenvalue weighted by molar-refractivity contribution is 0.154. The summed E-state index contributed by atoms with van der Waals surface area (Å²) in [6.07, 6.45) is 4.78. The van der Waals surface area contributed by atoms with Gasteiger partial charge in [0.1, 0.15) is 5.82 Å². The fourth-order valence-electron chi connectivity index (χ4n) is 2.60. The van der Waals surface area contributed by atoms with E-state index in [1.807, 2.05) is 6.92 Å². The zero-order valence-corrected chi connectivity index (χ0v) is 12.1. The number of rotatable bonds is 6. The Hall–Kier alpha value is -1.13. The molecule has 19 heavy (non-hydrogen) atoms. The smallest absolute Gasteiger partial charge is 0.133 e. The monoisotopic (exact) mass is 263 g/mol. The first-order valence-corrected chi connectivity index (χ1v) is 7.26. The number of anilines is 1. The highest BCUT2D eigenvalue weighted by molar-refractivity contribution is 5.50. The molecular formula is C15H25N3O. The van der Waals surface area contributed by atoms with Crippen LogP contribution in [-0.2, 0) is 24.1 Å². The van der Waals surface area contributed by atoms with Crippen LogP contribution < -0.4 is 10.6 Å². The number of aromatic nitrogens is 1. The third-order valence-electron chi connectivity index (χ3n) is 3.71. The van der Waals surface area contributed by atoms with Gasteiger partial charge in [0.25, 0.3) is 0 Å². The molecule has 2 N–H and O–H groups in total. The van der Waals surface area contributed by atoms with Gasteiger partial charge in [-0.3, -0.25) is 0 Å². The Kier molecular flexibility index (Phi) is 5.16. The van der Waals surface area contributed by atoms with Crippen LogP contribution in [0.2, 0.25) is 0 Å². The number of hydrogen-bond acceptors (Lipinski definition) is 4.